The summed E-state index contributed by atoms with van der Waals surface area (Å²) in [5, 5.41) is 3.89. The lowest BCUT2D eigenvalue weighted by atomic mass is 9.77. The molecule has 0 bridgehead atoms. The molecule has 1 saturated carbocycles. The summed E-state index contributed by atoms with van der Waals surface area (Å²) in [4.78, 5) is 24.6. The van der Waals surface area contributed by atoms with Gasteiger partial charge in [-0.15, -0.1) is 11.3 Å². The number of aldehydes is 1. The maximum Gasteiger partial charge on any atom is 0.191 e. The second kappa shape index (κ2) is 7.38. The molecule has 0 spiro atoms. The molecule has 3 nitrogen and oxygen atoms in total. The monoisotopic (exact) mass is 357 g/mol. The largest absolute Gasteiger partial charge is 0.319 e. The van der Waals surface area contributed by atoms with Crippen LogP contribution in [0.25, 0.3) is 10.1 Å². The molecule has 0 aliphatic heterocycles. The molecule has 1 fully saturated rings. The highest BCUT2D eigenvalue weighted by molar-refractivity contribution is 7.18. The molecule has 4 rings (SSSR count). The van der Waals surface area contributed by atoms with Gasteiger partial charge in [-0.2, -0.15) is 0 Å². The molecule has 0 unspecified atom stereocenters. The first-order chi connectivity index (χ1) is 11.9. The number of nitrogens with one attached hydrogen (secondary N) is 1. The van der Waals surface area contributed by atoms with Crippen molar-refractivity contribution >= 4 is 27.7 Å². The van der Waals surface area contributed by atoms with Gasteiger partial charge in [-0.1, -0.05) is 19.9 Å². The van der Waals surface area contributed by atoms with E-state index in [1.54, 1.807) is 23.5 Å². The van der Waals surface area contributed by atoms with Gasteiger partial charge in [-0.25, -0.2) is 0 Å². The van der Waals surface area contributed by atoms with Crippen LogP contribution in [0.3, 0.4) is 0 Å². The number of carbonyl (C=O) groups is 1. The standard InChI is InChI=1S/C16H16O2S.C5H11N/c1-16(2)6-5-12-14(8-16)19-13-7-10(9-17)3-4-11(13)15(12)18;1-6-4-5-2-3-5/h3-4,7,9H,5-6,8H2,1-2H3;5-6H,2-4H2,1H3. The Bertz CT molecular complexity index is 834. The van der Waals surface area contributed by atoms with Gasteiger partial charge in [-0.3, -0.25) is 9.59 Å². The SMILES string of the molecule is CC1(C)CCc2c(sc3cc(C=O)ccc3c2=O)C1.CNCC1CC1. The summed E-state index contributed by atoms with van der Waals surface area (Å²) in [5.41, 5.74) is 2.07. The van der Waals surface area contributed by atoms with Gasteiger partial charge in [0.25, 0.3) is 0 Å². The van der Waals surface area contributed by atoms with E-state index in [0.29, 0.717) is 5.56 Å². The summed E-state index contributed by atoms with van der Waals surface area (Å²) in [6.07, 6.45) is 6.66. The maximum absolute atomic E-state index is 12.5. The Morgan fingerprint density at radius 2 is 2.08 bits per heavy atom. The van der Waals surface area contributed by atoms with Gasteiger partial charge in [0, 0.05) is 26.1 Å². The summed E-state index contributed by atoms with van der Waals surface area (Å²) < 4.78 is 0.936. The van der Waals surface area contributed by atoms with E-state index in [1.165, 1.54) is 24.3 Å². The Kier molecular flexibility index (Phi) is 5.40. The lowest BCUT2D eigenvalue weighted by Gasteiger charge is -2.30. The molecule has 25 heavy (non-hydrogen) atoms. The normalized spacial score (nSPS) is 18.2. The molecule has 4 heteroatoms. The number of benzene rings is 1. The van der Waals surface area contributed by atoms with Crippen molar-refractivity contribution in [3.8, 4) is 0 Å². The highest BCUT2D eigenvalue weighted by Gasteiger charge is 2.28. The molecule has 1 aromatic heterocycles. The second-order valence-corrected chi connectivity index (χ2v) is 9.19. The predicted octanol–water partition coefficient (Wildman–Crippen LogP) is 4.20. The van der Waals surface area contributed by atoms with Crippen molar-refractivity contribution < 1.29 is 4.79 Å². The van der Waals surface area contributed by atoms with Crippen molar-refractivity contribution in [2.45, 2.75) is 46.0 Å². The fourth-order valence-electron chi connectivity index (χ4n) is 3.36. The zero-order chi connectivity index (χ0) is 18.0. The van der Waals surface area contributed by atoms with Crippen LogP contribution in [0.15, 0.2) is 23.0 Å². The van der Waals surface area contributed by atoms with Crippen molar-refractivity contribution in [3.05, 3.63) is 44.4 Å². The maximum atomic E-state index is 12.5. The molecule has 2 aliphatic carbocycles. The Balaban J connectivity index is 0.000000258. The Morgan fingerprint density at radius 3 is 2.68 bits per heavy atom. The average Bonchev–Trinajstić information content (AvgIpc) is 3.38. The Labute approximate surface area is 153 Å². The molecule has 0 saturated heterocycles. The fourth-order valence-corrected chi connectivity index (χ4v) is 4.87. The first-order valence-corrected chi connectivity index (χ1v) is 9.93. The lowest BCUT2D eigenvalue weighted by molar-refractivity contribution is 0.112. The van der Waals surface area contributed by atoms with Crippen LogP contribution in [0.4, 0.5) is 0 Å². The van der Waals surface area contributed by atoms with Gasteiger partial charge in [0.1, 0.15) is 6.29 Å². The molecule has 1 N–H and O–H groups in total. The van der Waals surface area contributed by atoms with Gasteiger partial charge in [-0.05, 0) is 69.2 Å². The molecule has 0 radical (unpaired) electrons. The first-order valence-electron chi connectivity index (χ1n) is 9.12. The number of rotatable bonds is 3. The minimum Gasteiger partial charge on any atom is -0.319 e. The zero-order valence-corrected chi connectivity index (χ0v) is 16.2. The van der Waals surface area contributed by atoms with Crippen molar-refractivity contribution in [1.29, 1.82) is 0 Å². The molecular formula is C21H27NO2S. The third kappa shape index (κ3) is 4.36. The van der Waals surface area contributed by atoms with E-state index in [9.17, 15) is 9.59 Å². The third-order valence-corrected chi connectivity index (χ3v) is 6.31. The summed E-state index contributed by atoms with van der Waals surface area (Å²) >= 11 is 1.68. The number of hydrogen-bond acceptors (Lipinski definition) is 4. The van der Waals surface area contributed by atoms with Crippen LogP contribution in [0.1, 0.15) is 53.9 Å². The summed E-state index contributed by atoms with van der Waals surface area (Å²) in [7, 11) is 2.01. The van der Waals surface area contributed by atoms with E-state index in [0.717, 1.165) is 47.1 Å². The number of carbonyl (C=O) groups excluding carboxylic acids is 1. The van der Waals surface area contributed by atoms with Gasteiger partial charge in [0.2, 0.25) is 0 Å². The number of hydrogen-bond donors (Lipinski definition) is 1. The van der Waals surface area contributed by atoms with Crippen LogP contribution >= 0.6 is 11.3 Å². The van der Waals surface area contributed by atoms with Crippen molar-refractivity contribution in [2.24, 2.45) is 11.3 Å². The highest BCUT2D eigenvalue weighted by Crippen LogP contribution is 2.37. The van der Waals surface area contributed by atoms with Gasteiger partial charge in [0.05, 0.1) is 0 Å². The molecule has 2 aliphatic rings. The molecule has 1 heterocycles. The smallest absolute Gasteiger partial charge is 0.191 e. The lowest BCUT2D eigenvalue weighted by Crippen LogP contribution is -2.26. The molecular weight excluding hydrogens is 330 g/mol. The average molecular weight is 358 g/mol. The van der Waals surface area contributed by atoms with E-state index < -0.39 is 0 Å². The van der Waals surface area contributed by atoms with Gasteiger partial charge in [0.15, 0.2) is 5.43 Å². The summed E-state index contributed by atoms with van der Waals surface area (Å²) in [6, 6.07) is 5.34. The van der Waals surface area contributed by atoms with Crippen molar-refractivity contribution in [2.75, 3.05) is 13.6 Å². The van der Waals surface area contributed by atoms with E-state index in [2.05, 4.69) is 19.2 Å². The predicted molar refractivity (Wildman–Crippen MR) is 106 cm³/mol. The molecule has 1 aromatic carbocycles. The van der Waals surface area contributed by atoms with Gasteiger partial charge < -0.3 is 5.32 Å². The molecule has 134 valence electrons. The fraction of sp³-hybridized carbons (Fsp3) is 0.524. The molecule has 2 aromatic rings. The zero-order valence-electron chi connectivity index (χ0n) is 15.4. The van der Waals surface area contributed by atoms with Gasteiger partial charge >= 0.3 is 0 Å². The van der Waals surface area contributed by atoms with Crippen LogP contribution in [0, 0.1) is 11.3 Å². The van der Waals surface area contributed by atoms with Crippen LogP contribution in [-0.4, -0.2) is 19.9 Å². The molecule has 0 atom stereocenters. The highest BCUT2D eigenvalue weighted by atomic mass is 32.1. The summed E-state index contributed by atoms with van der Waals surface area (Å²) in [5.74, 6) is 1.04. The summed E-state index contributed by atoms with van der Waals surface area (Å²) in [6.45, 7) is 5.73. The minimum atomic E-state index is 0.164. The van der Waals surface area contributed by atoms with Crippen LogP contribution < -0.4 is 10.7 Å². The van der Waals surface area contributed by atoms with E-state index >= 15 is 0 Å². The minimum absolute atomic E-state index is 0.164. The van der Waals surface area contributed by atoms with E-state index in [4.69, 9.17) is 0 Å². The Morgan fingerprint density at radius 1 is 1.32 bits per heavy atom. The second-order valence-electron chi connectivity index (χ2n) is 8.05. The van der Waals surface area contributed by atoms with Crippen LogP contribution in [-0.2, 0) is 12.8 Å². The Hall–Kier alpha value is -1.52. The van der Waals surface area contributed by atoms with E-state index in [-0.39, 0.29) is 10.8 Å². The molecule has 0 amide bonds. The number of fused-ring (bicyclic) bond motifs is 2. The van der Waals surface area contributed by atoms with Crippen LogP contribution in [0.5, 0.6) is 0 Å². The first kappa shape index (κ1) is 18.3. The van der Waals surface area contributed by atoms with E-state index in [1.807, 2.05) is 13.1 Å². The van der Waals surface area contributed by atoms with Crippen molar-refractivity contribution in [1.82, 2.24) is 5.32 Å². The van der Waals surface area contributed by atoms with Crippen LogP contribution in [0.2, 0.25) is 0 Å². The topological polar surface area (TPSA) is 46.2 Å². The third-order valence-electron chi connectivity index (χ3n) is 5.11. The quantitative estimate of drug-likeness (QED) is 0.837. The van der Waals surface area contributed by atoms with Crippen molar-refractivity contribution in [3.63, 3.8) is 0 Å².